The molecule has 1 N–H and O–H groups in total. The van der Waals surface area contributed by atoms with Crippen molar-refractivity contribution in [2.75, 3.05) is 13.1 Å². The third-order valence-electron chi connectivity index (χ3n) is 4.54. The molecule has 23 heavy (non-hydrogen) atoms. The first-order valence-electron chi connectivity index (χ1n) is 10.6. The van der Waals surface area contributed by atoms with Crippen LogP contribution in [0.25, 0.3) is 0 Å². The van der Waals surface area contributed by atoms with E-state index in [2.05, 4.69) is 38.2 Å². The number of nitrogens with one attached hydrogen (secondary N) is 1. The first-order valence-corrected chi connectivity index (χ1v) is 10.6. The molecule has 0 saturated carbocycles. The highest BCUT2D eigenvalue weighted by Gasteiger charge is 1.94. The Morgan fingerprint density at radius 3 is 1.65 bits per heavy atom. The minimum atomic E-state index is 0.885. The van der Waals surface area contributed by atoms with Crippen LogP contribution < -0.4 is 5.32 Å². The molecule has 0 bridgehead atoms. The van der Waals surface area contributed by atoms with Crippen LogP contribution >= 0.6 is 0 Å². The summed E-state index contributed by atoms with van der Waals surface area (Å²) in [6.07, 6.45) is 24.4. The molecule has 0 radical (unpaired) electrons. The van der Waals surface area contributed by atoms with Gasteiger partial charge in [-0.1, -0.05) is 90.7 Å². The molecular formula is C22H45N. The first kappa shape index (κ1) is 22.7. The number of allylic oxidation sites excluding steroid dienone is 2. The van der Waals surface area contributed by atoms with Crippen molar-refractivity contribution in [1.29, 1.82) is 0 Å². The summed E-state index contributed by atoms with van der Waals surface area (Å²) in [5.41, 5.74) is 0. The molecule has 0 amide bonds. The van der Waals surface area contributed by atoms with Crippen molar-refractivity contribution in [1.82, 2.24) is 5.32 Å². The van der Waals surface area contributed by atoms with E-state index in [1.807, 2.05) is 0 Å². The molecule has 1 heteroatoms. The van der Waals surface area contributed by atoms with Gasteiger partial charge < -0.3 is 5.32 Å². The van der Waals surface area contributed by atoms with Gasteiger partial charge in [-0.15, -0.1) is 0 Å². The van der Waals surface area contributed by atoms with Gasteiger partial charge in [0.25, 0.3) is 0 Å². The van der Waals surface area contributed by atoms with Crippen LogP contribution in [0.5, 0.6) is 0 Å². The average molecular weight is 324 g/mol. The minimum absolute atomic E-state index is 0.885. The second kappa shape index (κ2) is 19.7. The van der Waals surface area contributed by atoms with Crippen molar-refractivity contribution in [3.05, 3.63) is 12.2 Å². The summed E-state index contributed by atoms with van der Waals surface area (Å²) < 4.78 is 0. The van der Waals surface area contributed by atoms with Gasteiger partial charge in [0.2, 0.25) is 0 Å². The Labute approximate surface area is 147 Å². The maximum absolute atomic E-state index is 3.39. The van der Waals surface area contributed by atoms with Gasteiger partial charge in [-0.25, -0.2) is 0 Å². The summed E-state index contributed by atoms with van der Waals surface area (Å²) in [6.45, 7) is 9.16. The monoisotopic (exact) mass is 323 g/mol. The van der Waals surface area contributed by atoms with E-state index in [1.165, 1.54) is 96.4 Å². The van der Waals surface area contributed by atoms with Crippen molar-refractivity contribution >= 4 is 0 Å². The van der Waals surface area contributed by atoms with E-state index in [9.17, 15) is 0 Å². The van der Waals surface area contributed by atoms with Gasteiger partial charge in [-0.3, -0.25) is 0 Å². The molecule has 0 rings (SSSR count). The topological polar surface area (TPSA) is 12.0 Å². The molecule has 138 valence electrons. The zero-order chi connectivity index (χ0) is 17.0. The minimum Gasteiger partial charge on any atom is -0.317 e. The van der Waals surface area contributed by atoms with Gasteiger partial charge in [0.05, 0.1) is 0 Å². The summed E-state index contributed by atoms with van der Waals surface area (Å²) in [6, 6.07) is 0. The highest BCUT2D eigenvalue weighted by molar-refractivity contribution is 4.81. The lowest BCUT2D eigenvalue weighted by atomic mass is 10.0. The summed E-state index contributed by atoms with van der Waals surface area (Å²) >= 11 is 0. The number of rotatable bonds is 18. The highest BCUT2D eigenvalue weighted by Crippen LogP contribution is 2.12. The zero-order valence-electron chi connectivity index (χ0n) is 16.5. The van der Waals surface area contributed by atoms with Crippen LogP contribution in [0.1, 0.15) is 111 Å². The van der Waals surface area contributed by atoms with Crippen molar-refractivity contribution in [2.24, 2.45) is 5.92 Å². The van der Waals surface area contributed by atoms with E-state index in [4.69, 9.17) is 0 Å². The zero-order valence-corrected chi connectivity index (χ0v) is 16.5. The van der Waals surface area contributed by atoms with Gasteiger partial charge >= 0.3 is 0 Å². The molecule has 0 aliphatic heterocycles. The molecule has 0 heterocycles. The smallest absolute Gasteiger partial charge is 0.00490 e. The quantitative estimate of drug-likeness (QED) is 0.206. The van der Waals surface area contributed by atoms with E-state index < -0.39 is 0 Å². The molecule has 0 aliphatic rings. The van der Waals surface area contributed by atoms with Gasteiger partial charge in [-0.05, 0) is 51.1 Å². The van der Waals surface area contributed by atoms with E-state index >= 15 is 0 Å². The highest BCUT2D eigenvalue weighted by atomic mass is 14.8. The van der Waals surface area contributed by atoms with Crippen molar-refractivity contribution in [3.8, 4) is 0 Å². The summed E-state index contributed by atoms with van der Waals surface area (Å²) in [5.74, 6) is 0.885. The molecule has 1 nitrogen and oxygen atoms in total. The summed E-state index contributed by atoms with van der Waals surface area (Å²) in [7, 11) is 0. The van der Waals surface area contributed by atoms with Gasteiger partial charge in [0.15, 0.2) is 0 Å². The third kappa shape index (κ3) is 21.7. The fourth-order valence-corrected chi connectivity index (χ4v) is 2.98. The second-order valence-corrected chi connectivity index (χ2v) is 7.47. The van der Waals surface area contributed by atoms with E-state index in [1.54, 1.807) is 0 Å². The molecule has 0 fully saturated rings. The summed E-state index contributed by atoms with van der Waals surface area (Å²) in [4.78, 5) is 0. The predicted molar refractivity (Wildman–Crippen MR) is 107 cm³/mol. The predicted octanol–water partition coefficient (Wildman–Crippen LogP) is 7.27. The molecule has 0 aromatic carbocycles. The SMILES string of the molecule is CCNCCCCCCCC/C=C\CCCCCCCC(C)C. The molecule has 0 saturated heterocycles. The lowest BCUT2D eigenvalue weighted by Crippen LogP contribution is -2.13. The maximum atomic E-state index is 3.39. The Bertz CT molecular complexity index is 232. The van der Waals surface area contributed by atoms with Crippen molar-refractivity contribution < 1.29 is 0 Å². The van der Waals surface area contributed by atoms with E-state index in [0.717, 1.165) is 12.5 Å². The Morgan fingerprint density at radius 1 is 0.652 bits per heavy atom. The Kier molecular flexibility index (Phi) is 19.5. The van der Waals surface area contributed by atoms with Crippen LogP contribution in [0.15, 0.2) is 12.2 Å². The fraction of sp³-hybridized carbons (Fsp3) is 0.909. The van der Waals surface area contributed by atoms with Crippen molar-refractivity contribution in [3.63, 3.8) is 0 Å². The second-order valence-electron chi connectivity index (χ2n) is 7.47. The molecular weight excluding hydrogens is 278 g/mol. The molecule has 0 aromatic rings. The van der Waals surface area contributed by atoms with Crippen LogP contribution in [0, 0.1) is 5.92 Å². The van der Waals surface area contributed by atoms with Crippen LogP contribution in [-0.2, 0) is 0 Å². The van der Waals surface area contributed by atoms with Crippen LogP contribution in [0.3, 0.4) is 0 Å². The van der Waals surface area contributed by atoms with E-state index in [-0.39, 0.29) is 0 Å². The molecule has 0 aromatic heterocycles. The number of hydrogen-bond donors (Lipinski definition) is 1. The first-order chi connectivity index (χ1) is 11.3. The Hall–Kier alpha value is -0.300. The van der Waals surface area contributed by atoms with Crippen LogP contribution in [-0.4, -0.2) is 13.1 Å². The fourth-order valence-electron chi connectivity index (χ4n) is 2.98. The van der Waals surface area contributed by atoms with Gasteiger partial charge in [-0.2, -0.15) is 0 Å². The molecule has 0 atom stereocenters. The van der Waals surface area contributed by atoms with Gasteiger partial charge in [0, 0.05) is 0 Å². The summed E-state index contributed by atoms with van der Waals surface area (Å²) in [5, 5.41) is 3.39. The average Bonchev–Trinajstić information content (AvgIpc) is 2.53. The van der Waals surface area contributed by atoms with E-state index in [0.29, 0.717) is 0 Å². The maximum Gasteiger partial charge on any atom is -0.00490 e. The third-order valence-corrected chi connectivity index (χ3v) is 4.54. The van der Waals surface area contributed by atoms with Crippen LogP contribution in [0.2, 0.25) is 0 Å². The van der Waals surface area contributed by atoms with Crippen molar-refractivity contribution in [2.45, 2.75) is 111 Å². The Balaban J connectivity index is 3.06. The molecule has 0 spiro atoms. The number of hydrogen-bond acceptors (Lipinski definition) is 1. The molecule has 0 unspecified atom stereocenters. The lowest BCUT2D eigenvalue weighted by Gasteiger charge is -2.03. The molecule has 0 aliphatic carbocycles. The van der Waals surface area contributed by atoms with Crippen LogP contribution in [0.4, 0.5) is 0 Å². The lowest BCUT2D eigenvalue weighted by molar-refractivity contribution is 0.516. The Morgan fingerprint density at radius 2 is 1.13 bits per heavy atom. The largest absolute Gasteiger partial charge is 0.317 e. The normalized spacial score (nSPS) is 11.8. The van der Waals surface area contributed by atoms with Gasteiger partial charge in [0.1, 0.15) is 0 Å². The standard InChI is InChI=1S/C22H45N/c1-4-23-21-19-17-15-13-11-9-7-5-6-8-10-12-14-16-18-20-22(2)3/h5-6,22-23H,4,7-21H2,1-3H3/b6-5-. The number of unbranched alkanes of at least 4 members (excludes halogenated alkanes) is 11.